The molecule has 0 aliphatic rings. The highest BCUT2D eigenvalue weighted by Gasteiger charge is 2.35. The SMILES string of the molecule is CCCNC(=O)C(Cc1ccccc1)N(Cc1ccccc1Cl)C(=O)CN(c1ccc(Cl)cc1C)S(=O)(=O)c1ccc(C)cc1. The van der Waals surface area contributed by atoms with Gasteiger partial charge in [-0.1, -0.05) is 96.4 Å². The Morgan fingerprint density at radius 3 is 2.18 bits per heavy atom. The van der Waals surface area contributed by atoms with Crippen LogP contribution in [-0.4, -0.2) is 44.3 Å². The van der Waals surface area contributed by atoms with Crippen LogP contribution in [0.1, 0.15) is 35.6 Å². The summed E-state index contributed by atoms with van der Waals surface area (Å²) in [5.41, 5.74) is 3.26. The quantitative estimate of drug-likeness (QED) is 0.167. The summed E-state index contributed by atoms with van der Waals surface area (Å²) in [6.45, 7) is 5.41. The monoisotopic (exact) mass is 665 g/mol. The molecule has 0 heterocycles. The minimum absolute atomic E-state index is 0.00638. The van der Waals surface area contributed by atoms with E-state index in [0.29, 0.717) is 39.8 Å². The molecule has 7 nitrogen and oxygen atoms in total. The maximum atomic E-state index is 14.5. The molecular weight excluding hydrogens is 629 g/mol. The molecule has 4 aromatic rings. The van der Waals surface area contributed by atoms with E-state index in [1.165, 1.54) is 17.0 Å². The molecule has 0 aliphatic heterocycles. The highest BCUT2D eigenvalue weighted by atomic mass is 35.5. The highest BCUT2D eigenvalue weighted by molar-refractivity contribution is 7.92. The van der Waals surface area contributed by atoms with Gasteiger partial charge in [0.25, 0.3) is 10.0 Å². The first-order chi connectivity index (χ1) is 21.5. The van der Waals surface area contributed by atoms with Crippen molar-refractivity contribution in [3.8, 4) is 0 Å². The molecule has 0 spiro atoms. The summed E-state index contributed by atoms with van der Waals surface area (Å²) in [5.74, 6) is -0.899. The number of hydrogen-bond acceptors (Lipinski definition) is 4. The van der Waals surface area contributed by atoms with Crippen molar-refractivity contribution in [1.82, 2.24) is 10.2 Å². The van der Waals surface area contributed by atoms with Gasteiger partial charge < -0.3 is 10.2 Å². The van der Waals surface area contributed by atoms with Crippen LogP contribution >= 0.6 is 23.2 Å². The van der Waals surface area contributed by atoms with Crippen molar-refractivity contribution in [2.75, 3.05) is 17.4 Å². The second kappa shape index (κ2) is 15.4. The van der Waals surface area contributed by atoms with Gasteiger partial charge in [-0.3, -0.25) is 13.9 Å². The maximum Gasteiger partial charge on any atom is 0.264 e. The number of nitrogens with one attached hydrogen (secondary N) is 1. The van der Waals surface area contributed by atoms with Crippen molar-refractivity contribution in [2.24, 2.45) is 0 Å². The molecule has 4 aromatic carbocycles. The summed E-state index contributed by atoms with van der Waals surface area (Å²) in [5, 5.41) is 3.80. The van der Waals surface area contributed by atoms with Crippen LogP contribution < -0.4 is 9.62 Å². The molecule has 1 atom stereocenters. The van der Waals surface area contributed by atoms with Crippen LogP contribution in [0.15, 0.2) is 102 Å². The van der Waals surface area contributed by atoms with Gasteiger partial charge in [0.2, 0.25) is 11.8 Å². The van der Waals surface area contributed by atoms with Gasteiger partial charge in [0, 0.05) is 29.6 Å². The van der Waals surface area contributed by atoms with Crippen LogP contribution in [0.25, 0.3) is 0 Å². The lowest BCUT2D eigenvalue weighted by Crippen LogP contribution is -2.53. The number of amides is 2. The fraction of sp³-hybridized carbons (Fsp3) is 0.257. The summed E-state index contributed by atoms with van der Waals surface area (Å²) in [6, 6.07) is 26.8. The van der Waals surface area contributed by atoms with Gasteiger partial charge in [-0.2, -0.15) is 0 Å². The molecule has 0 aliphatic carbocycles. The van der Waals surface area contributed by atoms with Crippen molar-refractivity contribution in [3.63, 3.8) is 0 Å². The number of rotatable bonds is 13. The van der Waals surface area contributed by atoms with Gasteiger partial charge >= 0.3 is 0 Å². The van der Waals surface area contributed by atoms with E-state index in [9.17, 15) is 18.0 Å². The van der Waals surface area contributed by atoms with Gasteiger partial charge in [0.05, 0.1) is 10.6 Å². The Hall–Kier alpha value is -3.85. The summed E-state index contributed by atoms with van der Waals surface area (Å²) >= 11 is 12.8. The minimum Gasteiger partial charge on any atom is -0.354 e. The Balaban J connectivity index is 1.83. The predicted molar refractivity (Wildman–Crippen MR) is 181 cm³/mol. The lowest BCUT2D eigenvalue weighted by Gasteiger charge is -2.34. The Morgan fingerprint density at radius 1 is 0.867 bits per heavy atom. The maximum absolute atomic E-state index is 14.5. The van der Waals surface area contributed by atoms with Crippen molar-refractivity contribution in [3.05, 3.63) is 129 Å². The number of benzene rings is 4. The van der Waals surface area contributed by atoms with E-state index < -0.39 is 28.5 Å². The first-order valence-electron chi connectivity index (χ1n) is 14.7. The molecule has 10 heteroatoms. The molecule has 236 valence electrons. The standard InChI is InChI=1S/C35H37Cl2N3O4S/c1-4-20-38-35(42)33(22-27-10-6-5-7-11-27)39(23-28-12-8-9-13-31(28)37)34(41)24-40(32-19-16-29(36)21-26(32)3)45(43,44)30-17-14-25(2)15-18-30/h5-19,21,33H,4,20,22-24H2,1-3H3,(H,38,42). The van der Waals surface area contributed by atoms with Crippen molar-refractivity contribution in [2.45, 2.75) is 51.1 Å². The van der Waals surface area contributed by atoms with Gasteiger partial charge in [0.15, 0.2) is 0 Å². The van der Waals surface area contributed by atoms with Gasteiger partial charge in [-0.15, -0.1) is 0 Å². The molecule has 4 rings (SSSR count). The zero-order valence-corrected chi connectivity index (χ0v) is 27.9. The van der Waals surface area contributed by atoms with Crippen molar-refractivity contribution < 1.29 is 18.0 Å². The number of sulfonamides is 1. The Kier molecular flexibility index (Phi) is 11.7. The third-order valence-corrected chi connectivity index (χ3v) is 9.81. The zero-order valence-electron chi connectivity index (χ0n) is 25.5. The molecular formula is C35H37Cl2N3O4S. The lowest BCUT2D eigenvalue weighted by atomic mass is 10.0. The molecule has 1 unspecified atom stereocenters. The van der Waals surface area contributed by atoms with E-state index >= 15 is 0 Å². The van der Waals surface area contributed by atoms with Crippen LogP contribution in [0, 0.1) is 13.8 Å². The lowest BCUT2D eigenvalue weighted by molar-refractivity contribution is -0.140. The topological polar surface area (TPSA) is 86.8 Å². The molecule has 0 aromatic heterocycles. The number of nitrogens with zero attached hydrogens (tertiary/aromatic N) is 2. The predicted octanol–water partition coefficient (Wildman–Crippen LogP) is 6.97. The fourth-order valence-corrected chi connectivity index (χ4v) is 6.88. The molecule has 1 N–H and O–H groups in total. The van der Waals surface area contributed by atoms with Crippen LogP contribution in [0.3, 0.4) is 0 Å². The zero-order chi connectivity index (χ0) is 32.6. The normalized spacial score (nSPS) is 11.9. The second-order valence-electron chi connectivity index (χ2n) is 10.9. The van der Waals surface area contributed by atoms with Crippen LogP contribution in [0.5, 0.6) is 0 Å². The van der Waals surface area contributed by atoms with E-state index in [1.54, 1.807) is 61.5 Å². The van der Waals surface area contributed by atoms with Crippen LogP contribution in [-0.2, 0) is 32.6 Å². The van der Waals surface area contributed by atoms with Crippen LogP contribution in [0.4, 0.5) is 5.69 Å². The van der Waals surface area contributed by atoms with Crippen LogP contribution in [0.2, 0.25) is 10.0 Å². The van der Waals surface area contributed by atoms with E-state index in [4.69, 9.17) is 23.2 Å². The molecule has 0 fully saturated rings. The molecule has 2 amide bonds. The number of aryl methyl sites for hydroxylation is 2. The first-order valence-corrected chi connectivity index (χ1v) is 16.9. The van der Waals surface area contributed by atoms with E-state index in [2.05, 4.69) is 5.32 Å². The minimum atomic E-state index is -4.22. The molecule has 0 saturated carbocycles. The van der Waals surface area contributed by atoms with Crippen molar-refractivity contribution in [1.29, 1.82) is 0 Å². The number of anilines is 1. The Bertz CT molecular complexity index is 1730. The number of carbonyl (C=O) groups excluding carboxylic acids is 2. The summed E-state index contributed by atoms with van der Waals surface area (Å²) in [4.78, 5) is 29.7. The van der Waals surface area contributed by atoms with E-state index in [0.717, 1.165) is 15.4 Å². The Morgan fingerprint density at radius 2 is 1.53 bits per heavy atom. The molecule has 0 radical (unpaired) electrons. The Labute approximate surface area is 275 Å². The first kappa shape index (κ1) is 34.0. The highest BCUT2D eigenvalue weighted by Crippen LogP contribution is 2.30. The number of carbonyl (C=O) groups is 2. The third kappa shape index (κ3) is 8.66. The smallest absolute Gasteiger partial charge is 0.264 e. The van der Waals surface area contributed by atoms with Gasteiger partial charge in [0.1, 0.15) is 12.6 Å². The summed E-state index contributed by atoms with van der Waals surface area (Å²) < 4.78 is 29.5. The summed E-state index contributed by atoms with van der Waals surface area (Å²) in [7, 11) is -4.22. The third-order valence-electron chi connectivity index (χ3n) is 7.43. The molecule has 45 heavy (non-hydrogen) atoms. The number of hydrogen-bond donors (Lipinski definition) is 1. The number of halogens is 2. The van der Waals surface area contributed by atoms with Gasteiger partial charge in [-0.25, -0.2) is 8.42 Å². The van der Waals surface area contributed by atoms with E-state index in [1.807, 2.05) is 44.2 Å². The fourth-order valence-electron chi connectivity index (χ4n) is 4.98. The van der Waals surface area contributed by atoms with E-state index in [-0.39, 0.29) is 23.8 Å². The van der Waals surface area contributed by atoms with Crippen molar-refractivity contribution >= 4 is 50.7 Å². The average molecular weight is 667 g/mol. The van der Waals surface area contributed by atoms with Gasteiger partial charge in [-0.05, 0) is 73.4 Å². The molecule has 0 saturated heterocycles. The second-order valence-corrected chi connectivity index (χ2v) is 13.6. The average Bonchev–Trinajstić information content (AvgIpc) is 3.02. The summed E-state index contributed by atoms with van der Waals surface area (Å²) in [6.07, 6.45) is 0.929. The largest absolute Gasteiger partial charge is 0.354 e. The molecule has 0 bridgehead atoms.